The minimum absolute atomic E-state index is 0.874. The summed E-state index contributed by atoms with van der Waals surface area (Å²) in [4.78, 5) is 8.07. The first-order valence-electron chi connectivity index (χ1n) is 8.98. The van der Waals surface area contributed by atoms with E-state index < -0.39 is 0 Å². The van der Waals surface area contributed by atoms with E-state index in [2.05, 4.69) is 76.3 Å². The van der Waals surface area contributed by atoms with E-state index in [1.807, 2.05) is 6.07 Å². The van der Waals surface area contributed by atoms with Crippen molar-refractivity contribution >= 4 is 21.9 Å². The lowest BCUT2D eigenvalue weighted by Gasteiger charge is -2.08. The smallest absolute Gasteiger partial charge is 0.106 e. The molecule has 0 aliphatic rings. The van der Waals surface area contributed by atoms with Gasteiger partial charge >= 0.3 is 0 Å². The Morgan fingerprint density at radius 2 is 1.96 bits per heavy atom. The lowest BCUT2D eigenvalue weighted by molar-refractivity contribution is 0.599. The zero-order valence-electron chi connectivity index (χ0n) is 14.8. The Bertz CT molecular complexity index is 1010. The van der Waals surface area contributed by atoms with E-state index in [4.69, 9.17) is 0 Å². The first kappa shape index (κ1) is 15.9. The van der Waals surface area contributed by atoms with Crippen LogP contribution < -0.4 is 5.32 Å². The highest BCUT2D eigenvalue weighted by molar-refractivity contribution is 5.86. The summed E-state index contributed by atoms with van der Waals surface area (Å²) in [5.41, 5.74) is 6.27. The van der Waals surface area contributed by atoms with Crippen LogP contribution in [0.25, 0.3) is 21.9 Å². The number of para-hydroxylation sites is 3. The molecule has 4 nitrogen and oxygen atoms in total. The minimum atomic E-state index is 0.874. The van der Waals surface area contributed by atoms with Gasteiger partial charge in [0.2, 0.25) is 0 Å². The van der Waals surface area contributed by atoms with Crippen molar-refractivity contribution in [3.63, 3.8) is 0 Å². The van der Waals surface area contributed by atoms with Crippen molar-refractivity contribution < 1.29 is 0 Å². The molecule has 0 aliphatic heterocycles. The highest BCUT2D eigenvalue weighted by atomic mass is 15.1. The van der Waals surface area contributed by atoms with Crippen LogP contribution in [0.1, 0.15) is 23.9 Å². The summed E-state index contributed by atoms with van der Waals surface area (Å²) in [6.07, 6.45) is 3.19. The number of imidazole rings is 1. The summed E-state index contributed by atoms with van der Waals surface area (Å²) in [6, 6.07) is 14.9. The summed E-state index contributed by atoms with van der Waals surface area (Å²) >= 11 is 0. The molecule has 2 heterocycles. The van der Waals surface area contributed by atoms with Crippen molar-refractivity contribution in [2.45, 2.75) is 33.4 Å². The quantitative estimate of drug-likeness (QED) is 0.520. The van der Waals surface area contributed by atoms with E-state index in [-0.39, 0.29) is 0 Å². The first-order valence-corrected chi connectivity index (χ1v) is 8.98. The average Bonchev–Trinajstić information content (AvgIpc) is 3.19. The van der Waals surface area contributed by atoms with Crippen LogP contribution in [0.5, 0.6) is 0 Å². The van der Waals surface area contributed by atoms with Gasteiger partial charge in [-0.3, -0.25) is 0 Å². The Morgan fingerprint density at radius 1 is 1.08 bits per heavy atom. The maximum Gasteiger partial charge on any atom is 0.106 e. The van der Waals surface area contributed by atoms with Crippen molar-refractivity contribution in [3.8, 4) is 0 Å². The highest BCUT2D eigenvalue weighted by Gasteiger charge is 2.08. The number of rotatable bonds is 6. The molecule has 0 saturated carbocycles. The number of H-pyrrole nitrogens is 1. The molecule has 0 fully saturated rings. The number of hydrogen-bond acceptors (Lipinski definition) is 2. The maximum absolute atomic E-state index is 4.63. The Kier molecular flexibility index (Phi) is 4.28. The standard InChI is InChI=1S/C21H24N4/c1-3-16-7-6-8-18-17(14-23-21(16)18)13-22-11-12-25-15(2)24-19-9-4-5-10-20(19)25/h4-10,14,22-23H,3,11-13H2,1-2H3. The van der Waals surface area contributed by atoms with Gasteiger partial charge in [-0.05, 0) is 36.6 Å². The van der Waals surface area contributed by atoms with Crippen molar-refractivity contribution in [2.24, 2.45) is 0 Å². The maximum atomic E-state index is 4.63. The molecule has 0 spiro atoms. The van der Waals surface area contributed by atoms with Crippen molar-refractivity contribution in [1.29, 1.82) is 0 Å². The summed E-state index contributed by atoms with van der Waals surface area (Å²) < 4.78 is 2.28. The van der Waals surface area contributed by atoms with Gasteiger partial charge in [-0.1, -0.05) is 37.3 Å². The molecule has 0 amide bonds. The van der Waals surface area contributed by atoms with E-state index in [1.54, 1.807) is 0 Å². The summed E-state index contributed by atoms with van der Waals surface area (Å²) in [5, 5.41) is 4.91. The molecule has 128 valence electrons. The predicted molar refractivity (Wildman–Crippen MR) is 104 cm³/mol. The molecule has 0 atom stereocenters. The number of fused-ring (bicyclic) bond motifs is 2. The lowest BCUT2D eigenvalue weighted by Crippen LogP contribution is -2.19. The third kappa shape index (κ3) is 2.94. The topological polar surface area (TPSA) is 45.6 Å². The number of hydrogen-bond donors (Lipinski definition) is 2. The van der Waals surface area contributed by atoms with Crippen LogP contribution in [0.3, 0.4) is 0 Å². The molecular weight excluding hydrogens is 308 g/mol. The van der Waals surface area contributed by atoms with Crippen LogP contribution in [0.15, 0.2) is 48.7 Å². The van der Waals surface area contributed by atoms with Gasteiger partial charge in [0.05, 0.1) is 11.0 Å². The molecule has 4 rings (SSSR count). The third-order valence-corrected chi connectivity index (χ3v) is 4.94. The van der Waals surface area contributed by atoms with Crippen LogP contribution in [-0.2, 0) is 19.5 Å². The second-order valence-corrected chi connectivity index (χ2v) is 6.48. The SMILES string of the molecule is CCc1cccc2c(CNCCn3c(C)nc4ccccc43)c[nH]c12. The number of benzene rings is 2. The number of aromatic amines is 1. The van der Waals surface area contributed by atoms with Crippen LogP contribution in [0.4, 0.5) is 0 Å². The summed E-state index contributed by atoms with van der Waals surface area (Å²) in [7, 11) is 0. The van der Waals surface area contributed by atoms with Crippen LogP contribution in [0, 0.1) is 6.92 Å². The van der Waals surface area contributed by atoms with Crippen LogP contribution in [-0.4, -0.2) is 21.1 Å². The van der Waals surface area contributed by atoms with E-state index in [0.29, 0.717) is 0 Å². The monoisotopic (exact) mass is 332 g/mol. The first-order chi connectivity index (χ1) is 12.3. The minimum Gasteiger partial charge on any atom is -0.361 e. The summed E-state index contributed by atoms with van der Waals surface area (Å²) in [5.74, 6) is 1.07. The van der Waals surface area contributed by atoms with Gasteiger partial charge in [-0.2, -0.15) is 0 Å². The molecule has 0 bridgehead atoms. The summed E-state index contributed by atoms with van der Waals surface area (Å²) in [6.45, 7) is 6.99. The molecule has 2 aromatic carbocycles. The van der Waals surface area contributed by atoms with Gasteiger partial charge in [0.15, 0.2) is 0 Å². The fourth-order valence-corrected chi connectivity index (χ4v) is 3.61. The zero-order valence-corrected chi connectivity index (χ0v) is 14.8. The predicted octanol–water partition coefficient (Wildman–Crippen LogP) is 4.18. The second-order valence-electron chi connectivity index (χ2n) is 6.48. The normalized spacial score (nSPS) is 11.6. The van der Waals surface area contributed by atoms with E-state index in [0.717, 1.165) is 37.4 Å². The molecule has 0 radical (unpaired) electrons. The van der Waals surface area contributed by atoms with E-state index >= 15 is 0 Å². The molecule has 2 N–H and O–H groups in total. The van der Waals surface area contributed by atoms with E-state index in [1.165, 1.54) is 27.5 Å². The molecular formula is C21H24N4. The molecule has 0 unspecified atom stereocenters. The van der Waals surface area contributed by atoms with Gasteiger partial charge in [-0.15, -0.1) is 0 Å². The number of nitrogens with one attached hydrogen (secondary N) is 2. The average molecular weight is 332 g/mol. The molecule has 4 heteroatoms. The van der Waals surface area contributed by atoms with Crippen LogP contribution in [0.2, 0.25) is 0 Å². The molecule has 0 aliphatic carbocycles. The fourth-order valence-electron chi connectivity index (χ4n) is 3.61. The van der Waals surface area contributed by atoms with Crippen molar-refractivity contribution in [3.05, 3.63) is 65.6 Å². The van der Waals surface area contributed by atoms with Gasteiger partial charge in [0.1, 0.15) is 5.82 Å². The van der Waals surface area contributed by atoms with Gasteiger partial charge < -0.3 is 14.9 Å². The fraction of sp³-hybridized carbons (Fsp3) is 0.286. The molecule has 0 saturated heterocycles. The van der Waals surface area contributed by atoms with Crippen molar-refractivity contribution in [2.75, 3.05) is 6.54 Å². The largest absolute Gasteiger partial charge is 0.361 e. The van der Waals surface area contributed by atoms with Gasteiger partial charge in [0.25, 0.3) is 0 Å². The van der Waals surface area contributed by atoms with E-state index in [9.17, 15) is 0 Å². The molecule has 2 aromatic heterocycles. The lowest BCUT2D eigenvalue weighted by atomic mass is 10.1. The molecule has 4 aromatic rings. The number of aromatic nitrogens is 3. The van der Waals surface area contributed by atoms with Crippen molar-refractivity contribution in [1.82, 2.24) is 19.9 Å². The number of nitrogens with zero attached hydrogens (tertiary/aromatic N) is 2. The highest BCUT2D eigenvalue weighted by Crippen LogP contribution is 2.22. The Hall–Kier alpha value is -2.59. The third-order valence-electron chi connectivity index (χ3n) is 4.94. The Morgan fingerprint density at radius 3 is 2.84 bits per heavy atom. The van der Waals surface area contributed by atoms with Gasteiger partial charge in [0, 0.05) is 36.7 Å². The Labute approximate surface area is 147 Å². The van der Waals surface area contributed by atoms with Crippen LogP contribution >= 0.6 is 0 Å². The second kappa shape index (κ2) is 6.73. The van der Waals surface area contributed by atoms with Gasteiger partial charge in [-0.25, -0.2) is 4.98 Å². The number of aryl methyl sites for hydroxylation is 2. The molecule has 25 heavy (non-hydrogen) atoms. The Balaban J connectivity index is 1.44. The zero-order chi connectivity index (χ0) is 17.2.